The lowest BCUT2D eigenvalue weighted by molar-refractivity contribution is -0.0262. The van der Waals surface area contributed by atoms with Crippen LogP contribution in [-0.2, 0) is 0 Å². The summed E-state index contributed by atoms with van der Waals surface area (Å²) in [6.07, 6.45) is 1.50. The average molecular weight is 175 g/mol. The summed E-state index contributed by atoms with van der Waals surface area (Å²) in [5, 5.41) is 3.39. The molecule has 0 saturated carbocycles. The molecule has 0 amide bonds. The van der Waals surface area contributed by atoms with Crippen molar-refractivity contribution in [3.8, 4) is 0 Å². The molecular formula is C6H5F2N2S. The summed E-state index contributed by atoms with van der Waals surface area (Å²) in [5.41, 5.74) is 0. The molecule has 0 N–H and O–H groups in total. The maximum absolute atomic E-state index is 12.3. The van der Waals surface area contributed by atoms with Crippen LogP contribution in [0.1, 0.15) is 0 Å². The Hall–Kier alpha value is -0.710. The van der Waals surface area contributed by atoms with Crippen LogP contribution >= 0.6 is 11.3 Å². The second kappa shape index (κ2) is 2.14. The SMILES string of the molecule is FC1(F)CN(c2nc[c]s2)C1. The molecule has 1 aliphatic heterocycles. The predicted octanol–water partition coefficient (Wildman–Crippen LogP) is 1.40. The number of rotatable bonds is 1. The molecule has 1 fully saturated rings. The summed E-state index contributed by atoms with van der Waals surface area (Å²) in [4.78, 5) is 5.40. The van der Waals surface area contributed by atoms with E-state index in [0.717, 1.165) is 0 Å². The van der Waals surface area contributed by atoms with Crippen LogP contribution in [0.2, 0.25) is 0 Å². The van der Waals surface area contributed by atoms with Gasteiger partial charge in [0.05, 0.1) is 18.5 Å². The summed E-state index contributed by atoms with van der Waals surface area (Å²) < 4.78 is 24.6. The summed E-state index contributed by atoms with van der Waals surface area (Å²) in [6.45, 7) is -0.400. The number of anilines is 1. The Morgan fingerprint density at radius 1 is 1.64 bits per heavy atom. The van der Waals surface area contributed by atoms with Gasteiger partial charge in [-0.25, -0.2) is 13.8 Å². The molecule has 1 aliphatic rings. The van der Waals surface area contributed by atoms with E-state index in [4.69, 9.17) is 0 Å². The molecule has 0 atom stereocenters. The van der Waals surface area contributed by atoms with Gasteiger partial charge in [-0.2, -0.15) is 0 Å². The standard InChI is InChI=1S/C6H5F2N2S/c7-6(8)3-10(4-6)5-9-1-2-11-5/h1H,3-4H2. The minimum absolute atomic E-state index is 0.200. The lowest BCUT2D eigenvalue weighted by Gasteiger charge is -2.38. The van der Waals surface area contributed by atoms with Gasteiger partial charge < -0.3 is 4.90 Å². The molecule has 2 rings (SSSR count). The smallest absolute Gasteiger partial charge is 0.282 e. The molecule has 0 bridgehead atoms. The molecule has 1 aromatic heterocycles. The van der Waals surface area contributed by atoms with Crippen LogP contribution in [0, 0.1) is 5.38 Å². The molecule has 1 aromatic rings. The number of hydrogen-bond acceptors (Lipinski definition) is 3. The number of alkyl halides is 2. The van der Waals surface area contributed by atoms with Crippen molar-refractivity contribution in [3.05, 3.63) is 11.6 Å². The number of thiazole rings is 1. The van der Waals surface area contributed by atoms with Gasteiger partial charge in [0.2, 0.25) is 0 Å². The molecule has 1 saturated heterocycles. The van der Waals surface area contributed by atoms with Crippen molar-refractivity contribution in [1.29, 1.82) is 0 Å². The Labute approximate surface area is 66.5 Å². The van der Waals surface area contributed by atoms with E-state index in [-0.39, 0.29) is 13.1 Å². The normalized spacial score (nSPS) is 21.5. The molecular weight excluding hydrogens is 170 g/mol. The van der Waals surface area contributed by atoms with Crippen molar-refractivity contribution < 1.29 is 8.78 Å². The highest BCUT2D eigenvalue weighted by Crippen LogP contribution is 2.32. The maximum atomic E-state index is 12.3. The zero-order chi connectivity index (χ0) is 7.90. The Bertz CT molecular complexity index is 239. The van der Waals surface area contributed by atoms with Crippen LogP contribution in [0.4, 0.5) is 13.9 Å². The van der Waals surface area contributed by atoms with E-state index in [1.54, 1.807) is 4.90 Å². The van der Waals surface area contributed by atoms with Gasteiger partial charge in [0.1, 0.15) is 0 Å². The number of hydrogen-bond donors (Lipinski definition) is 0. The van der Waals surface area contributed by atoms with E-state index in [0.29, 0.717) is 5.13 Å². The number of aromatic nitrogens is 1. The van der Waals surface area contributed by atoms with Gasteiger partial charge in [0.25, 0.3) is 5.92 Å². The summed E-state index contributed by atoms with van der Waals surface area (Å²) in [7, 11) is 0. The molecule has 0 aliphatic carbocycles. The molecule has 11 heavy (non-hydrogen) atoms. The van der Waals surface area contributed by atoms with Crippen LogP contribution < -0.4 is 4.90 Å². The van der Waals surface area contributed by atoms with Gasteiger partial charge >= 0.3 is 0 Å². The van der Waals surface area contributed by atoms with Gasteiger partial charge in [-0.15, -0.1) is 0 Å². The van der Waals surface area contributed by atoms with Crippen molar-refractivity contribution in [3.63, 3.8) is 0 Å². The molecule has 0 aromatic carbocycles. The average Bonchev–Trinajstić information content (AvgIpc) is 2.32. The van der Waals surface area contributed by atoms with Crippen LogP contribution in [0.5, 0.6) is 0 Å². The van der Waals surface area contributed by atoms with Crippen molar-refractivity contribution in [2.75, 3.05) is 18.0 Å². The Morgan fingerprint density at radius 3 is 2.82 bits per heavy atom. The van der Waals surface area contributed by atoms with Gasteiger partial charge in [-0.1, -0.05) is 11.3 Å². The van der Waals surface area contributed by atoms with Crippen molar-refractivity contribution in [2.24, 2.45) is 0 Å². The third-order valence-corrected chi connectivity index (χ3v) is 2.26. The maximum Gasteiger partial charge on any atom is 0.282 e. The summed E-state index contributed by atoms with van der Waals surface area (Å²) in [6, 6.07) is 0. The minimum atomic E-state index is -2.51. The van der Waals surface area contributed by atoms with E-state index in [1.807, 2.05) is 0 Å². The Balaban J connectivity index is 2.03. The van der Waals surface area contributed by atoms with Gasteiger partial charge in [-0.3, -0.25) is 0 Å². The van der Waals surface area contributed by atoms with Crippen molar-refractivity contribution in [2.45, 2.75) is 5.92 Å². The third-order valence-electron chi connectivity index (χ3n) is 1.49. The topological polar surface area (TPSA) is 16.1 Å². The number of halogens is 2. The molecule has 2 heterocycles. The fraction of sp³-hybridized carbons (Fsp3) is 0.500. The first-order chi connectivity index (χ1) is 5.17. The van der Waals surface area contributed by atoms with E-state index < -0.39 is 5.92 Å². The molecule has 0 unspecified atom stereocenters. The highest BCUT2D eigenvalue weighted by molar-refractivity contribution is 7.13. The lowest BCUT2D eigenvalue weighted by atomic mass is 10.2. The van der Waals surface area contributed by atoms with Crippen LogP contribution in [0.15, 0.2) is 6.20 Å². The number of nitrogens with zero attached hydrogens (tertiary/aromatic N) is 2. The highest BCUT2D eigenvalue weighted by atomic mass is 32.1. The van der Waals surface area contributed by atoms with E-state index in [2.05, 4.69) is 10.4 Å². The second-order valence-electron chi connectivity index (χ2n) is 2.47. The zero-order valence-corrected chi connectivity index (χ0v) is 6.37. The quantitative estimate of drug-likeness (QED) is 0.641. The van der Waals surface area contributed by atoms with E-state index in [1.165, 1.54) is 17.5 Å². The minimum Gasteiger partial charge on any atom is -0.336 e. The molecule has 1 radical (unpaired) electrons. The third kappa shape index (κ3) is 1.20. The van der Waals surface area contributed by atoms with Crippen LogP contribution in [0.25, 0.3) is 0 Å². The summed E-state index contributed by atoms with van der Waals surface area (Å²) in [5.74, 6) is -2.51. The molecule has 2 nitrogen and oxygen atoms in total. The first-order valence-electron chi connectivity index (χ1n) is 3.12. The van der Waals surface area contributed by atoms with Gasteiger partial charge in [-0.05, 0) is 0 Å². The first-order valence-corrected chi connectivity index (χ1v) is 3.94. The fourth-order valence-corrected chi connectivity index (χ4v) is 1.56. The lowest BCUT2D eigenvalue weighted by Crippen LogP contribution is -2.56. The van der Waals surface area contributed by atoms with Crippen molar-refractivity contribution in [1.82, 2.24) is 4.98 Å². The first kappa shape index (κ1) is 6.97. The fourth-order valence-electron chi connectivity index (χ4n) is 0.981. The Morgan fingerprint density at radius 2 is 2.36 bits per heavy atom. The highest BCUT2D eigenvalue weighted by Gasteiger charge is 2.44. The summed E-state index contributed by atoms with van der Waals surface area (Å²) >= 11 is 1.26. The zero-order valence-electron chi connectivity index (χ0n) is 5.55. The Kier molecular flexibility index (Phi) is 1.35. The largest absolute Gasteiger partial charge is 0.336 e. The van der Waals surface area contributed by atoms with E-state index in [9.17, 15) is 8.78 Å². The van der Waals surface area contributed by atoms with Crippen LogP contribution in [0.3, 0.4) is 0 Å². The van der Waals surface area contributed by atoms with Gasteiger partial charge in [0, 0.05) is 6.20 Å². The second-order valence-corrected chi connectivity index (χ2v) is 3.28. The monoisotopic (exact) mass is 175 g/mol. The van der Waals surface area contributed by atoms with Gasteiger partial charge in [0.15, 0.2) is 5.13 Å². The molecule has 0 spiro atoms. The van der Waals surface area contributed by atoms with Crippen LogP contribution in [-0.4, -0.2) is 24.0 Å². The van der Waals surface area contributed by atoms with Crippen molar-refractivity contribution >= 4 is 16.5 Å². The molecule has 5 heteroatoms. The van der Waals surface area contributed by atoms with E-state index >= 15 is 0 Å². The predicted molar refractivity (Wildman–Crippen MR) is 38.1 cm³/mol. The molecule has 59 valence electrons.